The Morgan fingerprint density at radius 2 is 1.95 bits per heavy atom. The van der Waals surface area contributed by atoms with E-state index in [4.69, 9.17) is 4.42 Å². The maximum atomic E-state index is 12.9. The number of rotatable bonds is 3. The molecule has 0 aliphatic rings. The fourth-order valence-corrected chi connectivity index (χ4v) is 1.83. The lowest BCUT2D eigenvalue weighted by Crippen LogP contribution is -2.12. The minimum atomic E-state index is -4.59. The molecular weight excluding hydrogens is 271 g/mol. The second-order valence-electron chi connectivity index (χ2n) is 4.96. The largest absolute Gasteiger partial charge is 0.423 e. The molecule has 0 radical (unpaired) electrons. The average molecular weight is 285 g/mol. The van der Waals surface area contributed by atoms with Crippen molar-refractivity contribution in [1.29, 1.82) is 0 Å². The second-order valence-corrected chi connectivity index (χ2v) is 4.96. The van der Waals surface area contributed by atoms with Crippen LogP contribution in [0.1, 0.15) is 19.4 Å². The van der Waals surface area contributed by atoms with Crippen LogP contribution in [0.4, 0.5) is 18.9 Å². The van der Waals surface area contributed by atoms with Crippen LogP contribution < -0.4 is 10.9 Å². The molecule has 0 aliphatic carbocycles. The maximum Gasteiger partial charge on any atom is 0.417 e. The van der Waals surface area contributed by atoms with Crippen LogP contribution in [0.3, 0.4) is 0 Å². The molecule has 6 heteroatoms. The molecule has 0 spiro atoms. The summed E-state index contributed by atoms with van der Waals surface area (Å²) in [6.45, 7) is 4.63. The predicted molar refractivity (Wildman–Crippen MR) is 70.8 cm³/mol. The van der Waals surface area contributed by atoms with E-state index < -0.39 is 17.4 Å². The van der Waals surface area contributed by atoms with Crippen molar-refractivity contribution in [2.75, 3.05) is 11.9 Å². The van der Waals surface area contributed by atoms with Crippen molar-refractivity contribution in [2.45, 2.75) is 20.0 Å². The molecule has 2 aromatic rings. The molecule has 0 saturated heterocycles. The molecule has 2 rings (SSSR count). The lowest BCUT2D eigenvalue weighted by Gasteiger charge is -2.12. The number of hydrogen-bond acceptors (Lipinski definition) is 3. The van der Waals surface area contributed by atoms with Gasteiger partial charge in [-0.25, -0.2) is 4.79 Å². The van der Waals surface area contributed by atoms with Crippen molar-refractivity contribution >= 4 is 16.7 Å². The summed E-state index contributed by atoms with van der Waals surface area (Å²) in [5, 5.41) is 2.92. The summed E-state index contributed by atoms with van der Waals surface area (Å²) in [6.07, 6.45) is -4.59. The van der Waals surface area contributed by atoms with Gasteiger partial charge in [-0.2, -0.15) is 13.2 Å². The van der Waals surface area contributed by atoms with Crippen LogP contribution in [0.25, 0.3) is 11.0 Å². The summed E-state index contributed by atoms with van der Waals surface area (Å²) < 4.78 is 43.6. The third-order valence-corrected chi connectivity index (χ3v) is 2.76. The fraction of sp³-hybridized carbons (Fsp3) is 0.357. The smallest absolute Gasteiger partial charge is 0.417 e. The first-order chi connectivity index (χ1) is 9.27. The molecule has 0 amide bonds. The summed E-state index contributed by atoms with van der Waals surface area (Å²) >= 11 is 0. The van der Waals surface area contributed by atoms with E-state index in [1.54, 1.807) is 6.07 Å². The molecular formula is C14H14F3NO2. The first-order valence-electron chi connectivity index (χ1n) is 6.16. The first kappa shape index (κ1) is 14.4. The Bertz CT molecular complexity index is 674. The van der Waals surface area contributed by atoms with Gasteiger partial charge in [0.25, 0.3) is 0 Å². The van der Waals surface area contributed by atoms with Crippen molar-refractivity contribution in [2.24, 2.45) is 5.92 Å². The highest BCUT2D eigenvalue weighted by Crippen LogP contribution is 2.34. The molecule has 1 aromatic carbocycles. The van der Waals surface area contributed by atoms with Crippen molar-refractivity contribution in [3.05, 3.63) is 40.2 Å². The molecule has 108 valence electrons. The molecule has 0 saturated carbocycles. The Balaban J connectivity index is 2.55. The highest BCUT2D eigenvalue weighted by molar-refractivity contribution is 5.84. The fourth-order valence-electron chi connectivity index (χ4n) is 1.83. The van der Waals surface area contributed by atoms with Gasteiger partial charge in [0.1, 0.15) is 5.58 Å². The molecule has 0 bridgehead atoms. The van der Waals surface area contributed by atoms with Crippen LogP contribution in [0.5, 0.6) is 0 Å². The normalized spacial score (nSPS) is 12.1. The predicted octanol–water partition coefficient (Wildman–Crippen LogP) is 3.88. The van der Waals surface area contributed by atoms with Gasteiger partial charge in [-0.3, -0.25) is 0 Å². The third kappa shape index (κ3) is 3.12. The van der Waals surface area contributed by atoms with Crippen molar-refractivity contribution in [1.82, 2.24) is 0 Å². The maximum absolute atomic E-state index is 12.9. The molecule has 1 heterocycles. The Morgan fingerprint density at radius 3 is 2.55 bits per heavy atom. The quantitative estimate of drug-likeness (QED) is 0.870. The van der Waals surface area contributed by atoms with Gasteiger partial charge in [-0.15, -0.1) is 0 Å². The zero-order valence-corrected chi connectivity index (χ0v) is 11.0. The summed E-state index contributed by atoms with van der Waals surface area (Å²) in [5.74, 6) is 0.362. The first-order valence-corrected chi connectivity index (χ1v) is 6.16. The van der Waals surface area contributed by atoms with Gasteiger partial charge < -0.3 is 9.73 Å². The number of nitrogens with one attached hydrogen (secondary N) is 1. The third-order valence-electron chi connectivity index (χ3n) is 2.76. The van der Waals surface area contributed by atoms with Gasteiger partial charge in [0, 0.05) is 23.7 Å². The number of halogens is 3. The van der Waals surface area contributed by atoms with Crippen molar-refractivity contribution < 1.29 is 17.6 Å². The molecule has 0 atom stereocenters. The van der Waals surface area contributed by atoms with Crippen LogP contribution in [0, 0.1) is 5.92 Å². The Hall–Kier alpha value is -1.98. The number of fused-ring (bicyclic) bond motifs is 1. The number of alkyl halides is 3. The van der Waals surface area contributed by atoms with Crippen LogP contribution in [-0.2, 0) is 6.18 Å². The molecule has 1 N–H and O–H groups in total. The van der Waals surface area contributed by atoms with E-state index in [-0.39, 0.29) is 11.0 Å². The number of hydrogen-bond donors (Lipinski definition) is 1. The highest BCUT2D eigenvalue weighted by atomic mass is 19.4. The lowest BCUT2D eigenvalue weighted by molar-refractivity contribution is -0.136. The summed E-state index contributed by atoms with van der Waals surface area (Å²) in [7, 11) is 0. The Morgan fingerprint density at radius 1 is 1.25 bits per heavy atom. The zero-order valence-electron chi connectivity index (χ0n) is 11.0. The van der Waals surface area contributed by atoms with E-state index >= 15 is 0 Å². The highest BCUT2D eigenvalue weighted by Gasteiger charge is 2.33. The summed E-state index contributed by atoms with van der Waals surface area (Å²) in [4.78, 5) is 11.2. The monoisotopic (exact) mass is 285 g/mol. The van der Waals surface area contributed by atoms with Gasteiger partial charge in [0.05, 0.1) is 5.56 Å². The van der Waals surface area contributed by atoms with E-state index in [1.807, 2.05) is 13.8 Å². The Kier molecular flexibility index (Phi) is 3.74. The van der Waals surface area contributed by atoms with E-state index in [1.165, 1.54) is 12.1 Å². The zero-order chi connectivity index (χ0) is 14.9. The molecule has 0 fully saturated rings. The van der Waals surface area contributed by atoms with Crippen LogP contribution in [0.2, 0.25) is 0 Å². The number of benzene rings is 1. The van der Waals surface area contributed by atoms with Crippen molar-refractivity contribution in [3.8, 4) is 0 Å². The minimum absolute atomic E-state index is 0.0695. The van der Waals surface area contributed by atoms with Gasteiger partial charge >= 0.3 is 11.8 Å². The molecule has 20 heavy (non-hydrogen) atoms. The van der Waals surface area contributed by atoms with Crippen LogP contribution in [0.15, 0.2) is 33.5 Å². The van der Waals surface area contributed by atoms with Gasteiger partial charge in [0.2, 0.25) is 0 Å². The van der Waals surface area contributed by atoms with Crippen molar-refractivity contribution in [3.63, 3.8) is 0 Å². The van der Waals surface area contributed by atoms with Crippen LogP contribution >= 0.6 is 0 Å². The minimum Gasteiger partial charge on any atom is -0.423 e. The SMILES string of the molecule is CC(C)CNc1ccc2oc(=O)cc(C(F)(F)F)c2c1. The lowest BCUT2D eigenvalue weighted by atomic mass is 10.1. The van der Waals surface area contributed by atoms with Crippen LogP contribution in [-0.4, -0.2) is 6.54 Å². The van der Waals surface area contributed by atoms with E-state index in [0.717, 1.165) is 0 Å². The van der Waals surface area contributed by atoms with E-state index in [0.29, 0.717) is 24.2 Å². The van der Waals surface area contributed by atoms with E-state index in [9.17, 15) is 18.0 Å². The topological polar surface area (TPSA) is 42.2 Å². The second kappa shape index (κ2) is 5.19. The molecule has 1 aromatic heterocycles. The molecule has 3 nitrogen and oxygen atoms in total. The van der Waals surface area contributed by atoms with Gasteiger partial charge in [-0.1, -0.05) is 13.8 Å². The summed E-state index contributed by atoms with van der Waals surface area (Å²) in [6, 6.07) is 4.79. The Labute approximate surface area is 113 Å². The average Bonchev–Trinajstić information content (AvgIpc) is 2.34. The van der Waals surface area contributed by atoms with E-state index in [2.05, 4.69) is 5.32 Å². The van der Waals surface area contributed by atoms with Gasteiger partial charge in [0.15, 0.2) is 0 Å². The molecule has 0 unspecified atom stereocenters. The molecule has 0 aliphatic heterocycles. The standard InChI is InChI=1S/C14H14F3NO2/c1-8(2)7-18-9-3-4-12-10(5-9)11(14(15,16)17)6-13(19)20-12/h3-6,8,18H,7H2,1-2H3. The summed E-state index contributed by atoms with van der Waals surface area (Å²) in [5.41, 5.74) is -1.49. The van der Waals surface area contributed by atoms with Gasteiger partial charge in [-0.05, 0) is 24.1 Å². The number of anilines is 1.